The smallest absolute Gasteiger partial charge is 0.242 e. The Balaban J connectivity index is 2.89. The van der Waals surface area contributed by atoms with E-state index in [9.17, 15) is 13.2 Å². The lowest BCUT2D eigenvalue weighted by Gasteiger charge is -2.16. The molecule has 3 N–H and O–H groups in total. The van der Waals surface area contributed by atoms with E-state index >= 15 is 0 Å². The first-order valence-corrected chi connectivity index (χ1v) is 8.24. The highest BCUT2D eigenvalue weighted by atomic mass is 32.2. The van der Waals surface area contributed by atoms with E-state index in [2.05, 4.69) is 5.32 Å². The number of anilines is 2. The molecule has 1 unspecified atom stereocenters. The molecule has 1 amide bonds. The number of nitrogens with two attached hydrogens (primary N) is 1. The van der Waals surface area contributed by atoms with E-state index in [1.54, 1.807) is 25.1 Å². The molecule has 0 saturated heterocycles. The highest BCUT2D eigenvalue weighted by Gasteiger charge is 2.28. The van der Waals surface area contributed by atoms with Crippen LogP contribution in [-0.4, -0.2) is 25.3 Å². The lowest BCUT2D eigenvalue weighted by atomic mass is 10.1. The third-order valence-electron chi connectivity index (χ3n) is 3.11. The minimum absolute atomic E-state index is 0.00248. The fraction of sp³-hybridized carbons (Fsp3) is 0.500. The third kappa shape index (κ3) is 3.96. The first-order valence-electron chi connectivity index (χ1n) is 6.52. The maximum Gasteiger partial charge on any atom is 0.242 e. The number of rotatable bonds is 5. The normalized spacial score (nSPS) is 13.2. The summed E-state index contributed by atoms with van der Waals surface area (Å²) in [6, 6.07) is 5.14. The molecule has 1 rings (SSSR count). The standard InChI is InChI=1S/C14H22N2O3S/c1-9(2)8-20(18,19)11(4)14(17)16-13-7-5-6-12(15)10(13)3/h5-7,9,11H,8,15H2,1-4H3,(H,16,17). The number of sulfone groups is 1. The second-order valence-corrected chi connectivity index (χ2v) is 7.74. The summed E-state index contributed by atoms with van der Waals surface area (Å²) < 4.78 is 24.1. The molecule has 1 aromatic rings. The van der Waals surface area contributed by atoms with E-state index in [1.165, 1.54) is 6.92 Å². The molecule has 20 heavy (non-hydrogen) atoms. The molecule has 0 radical (unpaired) electrons. The zero-order chi connectivity index (χ0) is 15.5. The molecule has 0 aliphatic carbocycles. The summed E-state index contributed by atoms with van der Waals surface area (Å²) in [5.41, 5.74) is 7.58. The molecule has 1 atom stereocenters. The van der Waals surface area contributed by atoms with Crippen molar-refractivity contribution in [1.29, 1.82) is 0 Å². The highest BCUT2D eigenvalue weighted by molar-refractivity contribution is 7.92. The van der Waals surface area contributed by atoms with Crippen molar-refractivity contribution in [2.24, 2.45) is 5.92 Å². The van der Waals surface area contributed by atoms with Gasteiger partial charge in [0.2, 0.25) is 5.91 Å². The average Bonchev–Trinajstić information content (AvgIpc) is 2.32. The number of carbonyl (C=O) groups excluding carboxylic acids is 1. The Morgan fingerprint density at radius 2 is 1.90 bits per heavy atom. The average molecular weight is 298 g/mol. The van der Waals surface area contributed by atoms with Gasteiger partial charge < -0.3 is 11.1 Å². The molecule has 0 fully saturated rings. The van der Waals surface area contributed by atoms with Crippen molar-refractivity contribution in [3.8, 4) is 0 Å². The summed E-state index contributed by atoms with van der Waals surface area (Å²) in [7, 11) is -3.45. The summed E-state index contributed by atoms with van der Waals surface area (Å²) in [5.74, 6) is -0.541. The van der Waals surface area contributed by atoms with Crippen molar-refractivity contribution in [3.63, 3.8) is 0 Å². The van der Waals surface area contributed by atoms with E-state index in [0.717, 1.165) is 5.56 Å². The first-order chi connectivity index (χ1) is 9.15. The van der Waals surface area contributed by atoms with Crippen molar-refractivity contribution in [3.05, 3.63) is 23.8 Å². The molecule has 0 aliphatic heterocycles. The van der Waals surface area contributed by atoms with Gasteiger partial charge in [0.1, 0.15) is 5.25 Å². The molecule has 5 nitrogen and oxygen atoms in total. The van der Waals surface area contributed by atoms with E-state index in [-0.39, 0.29) is 11.7 Å². The van der Waals surface area contributed by atoms with Crippen LogP contribution < -0.4 is 11.1 Å². The Morgan fingerprint density at radius 1 is 1.30 bits per heavy atom. The summed E-state index contributed by atoms with van der Waals surface area (Å²) in [6.07, 6.45) is 0. The van der Waals surface area contributed by atoms with E-state index in [1.807, 2.05) is 13.8 Å². The molecule has 0 saturated carbocycles. The van der Waals surface area contributed by atoms with Gasteiger partial charge in [-0.2, -0.15) is 0 Å². The zero-order valence-electron chi connectivity index (χ0n) is 12.3. The number of hydrogen-bond acceptors (Lipinski definition) is 4. The second kappa shape index (κ2) is 6.26. The largest absolute Gasteiger partial charge is 0.398 e. The van der Waals surface area contributed by atoms with Crippen molar-refractivity contribution in [2.45, 2.75) is 32.9 Å². The summed E-state index contributed by atoms with van der Waals surface area (Å²) in [4.78, 5) is 12.1. The molecule has 112 valence electrons. The Morgan fingerprint density at radius 3 is 2.45 bits per heavy atom. The van der Waals surface area contributed by atoms with Crippen LogP contribution in [0.3, 0.4) is 0 Å². The maximum absolute atomic E-state index is 12.1. The molecule has 0 spiro atoms. The molecule has 0 bridgehead atoms. The topological polar surface area (TPSA) is 89.3 Å². The van der Waals surface area contributed by atoms with Gasteiger partial charge in [0, 0.05) is 11.4 Å². The second-order valence-electron chi connectivity index (χ2n) is 5.37. The first kappa shape index (κ1) is 16.5. The van der Waals surface area contributed by atoms with Crippen molar-refractivity contribution in [1.82, 2.24) is 0 Å². The van der Waals surface area contributed by atoms with Crippen molar-refractivity contribution < 1.29 is 13.2 Å². The summed E-state index contributed by atoms with van der Waals surface area (Å²) >= 11 is 0. The van der Waals surface area contributed by atoms with Crippen LogP contribution in [-0.2, 0) is 14.6 Å². The van der Waals surface area contributed by atoms with Gasteiger partial charge in [-0.1, -0.05) is 19.9 Å². The number of nitrogens with one attached hydrogen (secondary N) is 1. The Labute approximate surface area is 120 Å². The number of benzene rings is 1. The van der Waals surface area contributed by atoms with Crippen molar-refractivity contribution >= 4 is 27.1 Å². The fourth-order valence-corrected chi connectivity index (χ4v) is 3.40. The van der Waals surface area contributed by atoms with Crippen molar-refractivity contribution in [2.75, 3.05) is 16.8 Å². The molecule has 1 aromatic carbocycles. The summed E-state index contributed by atoms with van der Waals surface area (Å²) in [5, 5.41) is 1.55. The van der Waals surface area contributed by atoms with E-state index in [0.29, 0.717) is 11.4 Å². The number of amides is 1. The van der Waals surface area contributed by atoms with Crippen LogP contribution in [0.15, 0.2) is 18.2 Å². The van der Waals surface area contributed by atoms with Crippen LogP contribution in [0.25, 0.3) is 0 Å². The Kier molecular flexibility index (Phi) is 5.16. The van der Waals surface area contributed by atoms with E-state index in [4.69, 9.17) is 5.73 Å². The zero-order valence-corrected chi connectivity index (χ0v) is 13.1. The molecule has 0 aliphatic rings. The number of hydrogen-bond donors (Lipinski definition) is 2. The van der Waals surface area contributed by atoms with Crippen LogP contribution in [0.2, 0.25) is 0 Å². The fourth-order valence-electron chi connectivity index (χ4n) is 1.80. The van der Waals surface area contributed by atoms with Gasteiger partial charge in [-0.05, 0) is 37.5 Å². The van der Waals surface area contributed by atoms with E-state index < -0.39 is 21.0 Å². The lowest BCUT2D eigenvalue weighted by molar-refractivity contribution is -0.115. The predicted octanol–water partition coefficient (Wildman–Crippen LogP) is 1.98. The van der Waals surface area contributed by atoms with Crippen LogP contribution in [0.5, 0.6) is 0 Å². The minimum atomic E-state index is -3.45. The third-order valence-corrected chi connectivity index (χ3v) is 5.53. The minimum Gasteiger partial charge on any atom is -0.398 e. The SMILES string of the molecule is Cc1c(N)cccc1NC(=O)C(C)S(=O)(=O)CC(C)C. The van der Waals surface area contributed by atoms with Gasteiger partial charge in [-0.25, -0.2) is 8.42 Å². The maximum atomic E-state index is 12.1. The molecule has 6 heteroatoms. The molecular formula is C14H22N2O3S. The van der Waals surface area contributed by atoms with Crippen LogP contribution in [0, 0.1) is 12.8 Å². The van der Waals surface area contributed by atoms with Gasteiger partial charge in [0.25, 0.3) is 0 Å². The summed E-state index contributed by atoms with van der Waals surface area (Å²) in [6.45, 7) is 6.81. The molecule has 0 aromatic heterocycles. The van der Waals surface area contributed by atoms with Gasteiger partial charge in [-0.3, -0.25) is 4.79 Å². The Bertz CT molecular complexity index is 594. The van der Waals surface area contributed by atoms with Gasteiger partial charge in [0.15, 0.2) is 9.84 Å². The van der Waals surface area contributed by atoms with Gasteiger partial charge in [-0.15, -0.1) is 0 Å². The van der Waals surface area contributed by atoms with Crippen LogP contribution in [0.1, 0.15) is 26.3 Å². The quantitative estimate of drug-likeness (QED) is 0.813. The lowest BCUT2D eigenvalue weighted by Crippen LogP contribution is -2.35. The van der Waals surface area contributed by atoms with Crippen LogP contribution in [0.4, 0.5) is 11.4 Å². The highest BCUT2D eigenvalue weighted by Crippen LogP contribution is 2.21. The number of carbonyl (C=O) groups is 1. The van der Waals surface area contributed by atoms with Gasteiger partial charge >= 0.3 is 0 Å². The molecular weight excluding hydrogens is 276 g/mol. The predicted molar refractivity (Wildman–Crippen MR) is 82.3 cm³/mol. The van der Waals surface area contributed by atoms with Crippen LogP contribution >= 0.6 is 0 Å². The monoisotopic (exact) mass is 298 g/mol. The Hall–Kier alpha value is -1.56. The number of nitrogen functional groups attached to an aromatic ring is 1. The van der Waals surface area contributed by atoms with Gasteiger partial charge in [0.05, 0.1) is 5.75 Å². The molecule has 0 heterocycles.